The van der Waals surface area contributed by atoms with Gasteiger partial charge in [0.2, 0.25) is 0 Å². The van der Waals surface area contributed by atoms with Crippen molar-refractivity contribution < 1.29 is 4.79 Å². The number of amides is 2. The van der Waals surface area contributed by atoms with Crippen LogP contribution >= 0.6 is 0 Å². The molecule has 1 aliphatic heterocycles. The number of hydrogen-bond donors (Lipinski definition) is 1. The summed E-state index contributed by atoms with van der Waals surface area (Å²) in [6.45, 7) is 5.46. The Bertz CT molecular complexity index is 782. The number of aromatic nitrogens is 4. The Hall–Kier alpha value is -2.44. The molecule has 7 nitrogen and oxygen atoms in total. The largest absolute Gasteiger partial charge is 0.333 e. The Balaban J connectivity index is 1.48. The van der Waals surface area contributed by atoms with E-state index in [1.54, 1.807) is 12.4 Å². The number of imidazole rings is 1. The van der Waals surface area contributed by atoms with Crippen molar-refractivity contribution in [3.05, 3.63) is 35.9 Å². The number of nitrogens with zero attached hydrogens (tertiary/aromatic N) is 5. The molecule has 0 unspecified atom stereocenters. The highest BCUT2D eigenvalue weighted by Gasteiger charge is 2.32. The number of nitrogens with one attached hydrogen (secondary N) is 1. The number of anilines is 1. The second kappa shape index (κ2) is 6.46. The van der Waals surface area contributed by atoms with Gasteiger partial charge in [0.25, 0.3) is 0 Å². The zero-order valence-electron chi connectivity index (χ0n) is 14.8. The third-order valence-corrected chi connectivity index (χ3v) is 5.11. The van der Waals surface area contributed by atoms with Crippen LogP contribution in [0.5, 0.6) is 0 Å². The van der Waals surface area contributed by atoms with Gasteiger partial charge in [-0.25, -0.2) is 19.7 Å². The van der Waals surface area contributed by atoms with Crippen molar-refractivity contribution in [3.8, 4) is 0 Å². The van der Waals surface area contributed by atoms with Crippen LogP contribution in [0.2, 0.25) is 0 Å². The lowest BCUT2D eigenvalue weighted by atomic mass is 10.2. The molecule has 4 rings (SSSR count). The normalized spacial score (nSPS) is 20.1. The minimum absolute atomic E-state index is 0.0466. The van der Waals surface area contributed by atoms with Crippen LogP contribution in [0.4, 0.5) is 10.5 Å². The summed E-state index contributed by atoms with van der Waals surface area (Å²) in [4.78, 5) is 27.9. The fraction of sp³-hybridized carbons (Fsp3) is 0.556. The predicted molar refractivity (Wildman–Crippen MR) is 94.5 cm³/mol. The van der Waals surface area contributed by atoms with E-state index in [9.17, 15) is 4.79 Å². The van der Waals surface area contributed by atoms with Gasteiger partial charge >= 0.3 is 6.03 Å². The van der Waals surface area contributed by atoms with Crippen molar-refractivity contribution in [2.24, 2.45) is 0 Å². The lowest BCUT2D eigenvalue weighted by molar-refractivity contribution is 0.201. The van der Waals surface area contributed by atoms with Gasteiger partial charge in [-0.15, -0.1) is 0 Å². The zero-order valence-corrected chi connectivity index (χ0v) is 14.8. The van der Waals surface area contributed by atoms with Gasteiger partial charge in [0.05, 0.1) is 23.6 Å². The number of likely N-dealkylation sites (tertiary alicyclic amines) is 1. The van der Waals surface area contributed by atoms with Crippen molar-refractivity contribution in [2.45, 2.75) is 58.0 Å². The van der Waals surface area contributed by atoms with E-state index in [0.717, 1.165) is 61.8 Å². The van der Waals surface area contributed by atoms with Crippen molar-refractivity contribution in [1.29, 1.82) is 0 Å². The minimum Gasteiger partial charge on any atom is -0.333 e. The number of carbonyl (C=O) groups is 1. The minimum atomic E-state index is -0.0466. The summed E-state index contributed by atoms with van der Waals surface area (Å²) < 4.78 is 2.11. The first-order chi connectivity index (χ1) is 12.1. The Labute approximate surface area is 147 Å². The number of rotatable bonds is 4. The number of hydrogen-bond acceptors (Lipinski definition) is 4. The molecule has 25 heavy (non-hydrogen) atoms. The first kappa shape index (κ1) is 16.1. The van der Waals surface area contributed by atoms with E-state index in [1.165, 1.54) is 0 Å². The Morgan fingerprint density at radius 2 is 2.12 bits per heavy atom. The van der Waals surface area contributed by atoms with Gasteiger partial charge in [0, 0.05) is 31.4 Å². The van der Waals surface area contributed by atoms with Crippen LogP contribution in [-0.2, 0) is 6.54 Å². The van der Waals surface area contributed by atoms with Crippen molar-refractivity contribution in [2.75, 3.05) is 11.9 Å². The molecule has 0 bridgehead atoms. The highest BCUT2D eigenvalue weighted by molar-refractivity contribution is 5.90. The van der Waals surface area contributed by atoms with Gasteiger partial charge in [-0.2, -0.15) is 0 Å². The molecule has 132 valence electrons. The summed E-state index contributed by atoms with van der Waals surface area (Å²) in [5, 5.41) is 3.06. The number of aryl methyl sites for hydroxylation is 2. The van der Waals surface area contributed by atoms with Gasteiger partial charge in [-0.3, -0.25) is 0 Å². The molecule has 7 heteroatoms. The maximum atomic E-state index is 12.9. The average Bonchev–Trinajstić information content (AvgIpc) is 3.21. The summed E-state index contributed by atoms with van der Waals surface area (Å²) in [6.07, 6.45) is 9.87. The monoisotopic (exact) mass is 340 g/mol. The molecule has 0 radical (unpaired) electrons. The summed E-state index contributed by atoms with van der Waals surface area (Å²) in [6, 6.07) is 0.151. The Morgan fingerprint density at radius 3 is 2.84 bits per heavy atom. The molecule has 2 amide bonds. The molecule has 2 aliphatic rings. The van der Waals surface area contributed by atoms with Gasteiger partial charge in [0.1, 0.15) is 11.6 Å². The van der Waals surface area contributed by atoms with Crippen LogP contribution in [0.25, 0.3) is 0 Å². The SMILES string of the molecule is Cc1ncc(NC(=O)N2CCC[C@@H]2Cn2ccnc2C)c(C2CC2)n1. The van der Waals surface area contributed by atoms with Crippen LogP contribution in [0.3, 0.4) is 0 Å². The van der Waals surface area contributed by atoms with Crippen molar-refractivity contribution >= 4 is 11.7 Å². The molecule has 1 saturated heterocycles. The molecule has 2 aromatic rings. The van der Waals surface area contributed by atoms with Crippen LogP contribution < -0.4 is 5.32 Å². The van der Waals surface area contributed by atoms with E-state index in [2.05, 4.69) is 24.8 Å². The third kappa shape index (κ3) is 3.36. The number of carbonyl (C=O) groups excluding carboxylic acids is 1. The van der Waals surface area contributed by atoms with Gasteiger partial charge < -0.3 is 14.8 Å². The van der Waals surface area contributed by atoms with Crippen molar-refractivity contribution in [3.63, 3.8) is 0 Å². The molecule has 2 fully saturated rings. The molecule has 1 atom stereocenters. The molecule has 1 aliphatic carbocycles. The summed E-state index contributed by atoms with van der Waals surface area (Å²) in [5.74, 6) is 2.21. The standard InChI is InChI=1S/C18H24N6O/c1-12-20-10-16(17(21-12)14-5-6-14)22-18(25)24-8-3-4-15(24)11-23-9-7-19-13(23)2/h7,9-10,14-15H,3-6,8,11H2,1-2H3,(H,22,25)/t15-/m1/s1. The molecule has 1 N–H and O–H groups in total. The van der Waals surface area contributed by atoms with Gasteiger partial charge in [-0.1, -0.05) is 0 Å². The van der Waals surface area contributed by atoms with Gasteiger partial charge in [-0.05, 0) is 39.5 Å². The second-order valence-electron chi connectivity index (χ2n) is 7.04. The molecule has 0 aromatic carbocycles. The van der Waals surface area contributed by atoms with E-state index >= 15 is 0 Å². The first-order valence-corrected chi connectivity index (χ1v) is 9.00. The molecular formula is C18H24N6O. The smallest absolute Gasteiger partial charge is 0.322 e. The van der Waals surface area contributed by atoms with Crippen molar-refractivity contribution in [1.82, 2.24) is 24.4 Å². The van der Waals surface area contributed by atoms with Crippen LogP contribution in [0.1, 0.15) is 48.9 Å². The van der Waals surface area contributed by atoms with Crippen LogP contribution in [0, 0.1) is 13.8 Å². The lowest BCUT2D eigenvalue weighted by Gasteiger charge is -2.26. The highest BCUT2D eigenvalue weighted by Crippen LogP contribution is 2.42. The van der Waals surface area contributed by atoms with E-state index in [4.69, 9.17) is 0 Å². The molecular weight excluding hydrogens is 316 g/mol. The zero-order chi connectivity index (χ0) is 17.4. The van der Waals surface area contributed by atoms with E-state index in [1.807, 2.05) is 24.9 Å². The third-order valence-electron chi connectivity index (χ3n) is 5.11. The quantitative estimate of drug-likeness (QED) is 0.928. The fourth-order valence-corrected chi connectivity index (χ4v) is 3.56. The van der Waals surface area contributed by atoms with E-state index < -0.39 is 0 Å². The van der Waals surface area contributed by atoms with E-state index in [0.29, 0.717) is 5.92 Å². The van der Waals surface area contributed by atoms with E-state index in [-0.39, 0.29) is 12.1 Å². The topological polar surface area (TPSA) is 75.9 Å². The highest BCUT2D eigenvalue weighted by atomic mass is 16.2. The Kier molecular flexibility index (Phi) is 4.15. The summed E-state index contributed by atoms with van der Waals surface area (Å²) >= 11 is 0. The van der Waals surface area contributed by atoms with Crippen LogP contribution in [0.15, 0.2) is 18.6 Å². The maximum absolute atomic E-state index is 12.9. The Morgan fingerprint density at radius 1 is 1.28 bits per heavy atom. The fourth-order valence-electron chi connectivity index (χ4n) is 3.56. The van der Waals surface area contributed by atoms with Crippen LogP contribution in [-0.4, -0.2) is 43.0 Å². The molecule has 2 aromatic heterocycles. The lowest BCUT2D eigenvalue weighted by Crippen LogP contribution is -2.41. The predicted octanol–water partition coefficient (Wildman–Crippen LogP) is 2.86. The molecule has 3 heterocycles. The molecule has 1 saturated carbocycles. The molecule has 0 spiro atoms. The summed E-state index contributed by atoms with van der Waals surface area (Å²) in [5.41, 5.74) is 1.75. The summed E-state index contributed by atoms with van der Waals surface area (Å²) in [7, 11) is 0. The van der Waals surface area contributed by atoms with Gasteiger partial charge in [0.15, 0.2) is 0 Å². The maximum Gasteiger partial charge on any atom is 0.322 e. The second-order valence-corrected chi connectivity index (χ2v) is 7.04. The number of urea groups is 1. The first-order valence-electron chi connectivity index (χ1n) is 9.00. The average molecular weight is 340 g/mol.